The third kappa shape index (κ3) is 6.00. The van der Waals surface area contributed by atoms with Crippen molar-refractivity contribution in [2.45, 2.75) is 32.4 Å². The molecular formula is C14H23NO3. The van der Waals surface area contributed by atoms with Crippen molar-refractivity contribution in [1.82, 2.24) is 0 Å². The van der Waals surface area contributed by atoms with Crippen LogP contribution in [-0.4, -0.2) is 37.1 Å². The molecule has 0 saturated heterocycles. The monoisotopic (exact) mass is 253 g/mol. The Morgan fingerprint density at radius 1 is 1.22 bits per heavy atom. The van der Waals surface area contributed by atoms with Gasteiger partial charge in [0.25, 0.3) is 0 Å². The van der Waals surface area contributed by atoms with Crippen LogP contribution in [0.25, 0.3) is 0 Å². The van der Waals surface area contributed by atoms with Crippen LogP contribution in [0, 0.1) is 0 Å². The Bertz CT molecular complexity index is 324. The molecule has 0 radical (unpaired) electrons. The van der Waals surface area contributed by atoms with E-state index in [0.29, 0.717) is 13.2 Å². The van der Waals surface area contributed by atoms with Gasteiger partial charge in [-0.15, -0.1) is 0 Å². The number of ether oxygens (including phenoxy) is 2. The quantitative estimate of drug-likeness (QED) is 0.734. The third-order valence-electron chi connectivity index (χ3n) is 2.44. The highest BCUT2D eigenvalue weighted by Gasteiger charge is 2.05. The molecule has 0 spiro atoms. The van der Waals surface area contributed by atoms with E-state index in [4.69, 9.17) is 15.2 Å². The Morgan fingerprint density at radius 3 is 2.44 bits per heavy atom. The maximum atomic E-state index is 9.55. The molecule has 2 unspecified atom stereocenters. The average Bonchev–Trinajstić information content (AvgIpc) is 2.35. The first kappa shape index (κ1) is 15.0. The molecule has 0 bridgehead atoms. The molecule has 4 nitrogen and oxygen atoms in total. The number of hydrogen-bond donors (Lipinski definition) is 2. The van der Waals surface area contributed by atoms with Crippen LogP contribution in [0.5, 0.6) is 5.75 Å². The molecule has 4 heteroatoms. The molecule has 3 N–H and O–H groups in total. The normalized spacial score (nSPS) is 14.2. The van der Waals surface area contributed by atoms with Crippen LogP contribution in [0.15, 0.2) is 24.3 Å². The van der Waals surface area contributed by atoms with Crippen molar-refractivity contribution >= 4 is 0 Å². The zero-order valence-corrected chi connectivity index (χ0v) is 11.1. The summed E-state index contributed by atoms with van der Waals surface area (Å²) in [6.07, 6.45) is 0.265. The summed E-state index contributed by atoms with van der Waals surface area (Å²) in [5.41, 5.74) is 6.92. The molecule has 1 aromatic rings. The Hall–Kier alpha value is -1.10. The molecule has 0 amide bonds. The van der Waals surface area contributed by atoms with E-state index in [0.717, 1.165) is 12.2 Å². The van der Waals surface area contributed by atoms with Gasteiger partial charge in [-0.1, -0.05) is 12.1 Å². The van der Waals surface area contributed by atoms with E-state index < -0.39 is 6.10 Å². The second kappa shape index (κ2) is 8.08. The molecule has 0 saturated carbocycles. The van der Waals surface area contributed by atoms with Gasteiger partial charge >= 0.3 is 0 Å². The zero-order chi connectivity index (χ0) is 13.4. The van der Waals surface area contributed by atoms with Crippen LogP contribution in [0.4, 0.5) is 0 Å². The van der Waals surface area contributed by atoms with Gasteiger partial charge in [0, 0.05) is 12.6 Å². The van der Waals surface area contributed by atoms with Crippen molar-refractivity contribution in [3.05, 3.63) is 29.8 Å². The number of benzene rings is 1. The summed E-state index contributed by atoms with van der Waals surface area (Å²) in [7, 11) is 0. The molecule has 0 aliphatic heterocycles. The predicted octanol–water partition coefficient (Wildman–Crippen LogP) is 1.35. The van der Waals surface area contributed by atoms with Gasteiger partial charge in [-0.25, -0.2) is 0 Å². The minimum atomic E-state index is -0.589. The van der Waals surface area contributed by atoms with Crippen LogP contribution >= 0.6 is 0 Å². The number of hydrogen-bond acceptors (Lipinski definition) is 4. The minimum Gasteiger partial charge on any atom is -0.491 e. The Kier molecular flexibility index (Phi) is 6.72. The molecule has 2 atom stereocenters. The second-order valence-corrected chi connectivity index (χ2v) is 4.45. The fraction of sp³-hybridized carbons (Fsp3) is 0.571. The van der Waals surface area contributed by atoms with Crippen molar-refractivity contribution in [1.29, 1.82) is 0 Å². The first-order valence-electron chi connectivity index (χ1n) is 6.35. The highest BCUT2D eigenvalue weighted by atomic mass is 16.5. The maximum absolute atomic E-state index is 9.55. The van der Waals surface area contributed by atoms with Crippen LogP contribution in [0.1, 0.15) is 19.4 Å². The van der Waals surface area contributed by atoms with E-state index in [-0.39, 0.29) is 12.6 Å². The fourth-order valence-electron chi connectivity index (χ4n) is 1.59. The highest BCUT2D eigenvalue weighted by molar-refractivity contribution is 5.27. The Labute approximate surface area is 109 Å². The molecule has 0 aromatic heterocycles. The van der Waals surface area contributed by atoms with E-state index in [2.05, 4.69) is 0 Å². The van der Waals surface area contributed by atoms with E-state index in [9.17, 15) is 5.11 Å². The predicted molar refractivity (Wildman–Crippen MR) is 71.8 cm³/mol. The van der Waals surface area contributed by atoms with E-state index in [1.807, 2.05) is 38.1 Å². The first-order valence-corrected chi connectivity index (χ1v) is 6.35. The van der Waals surface area contributed by atoms with Crippen molar-refractivity contribution < 1.29 is 14.6 Å². The standard InChI is InChI=1S/C14H23NO3/c1-3-17-9-13(16)10-18-14-6-4-12(5-7-14)8-11(2)15/h4-7,11,13,16H,3,8-10,15H2,1-2H3. The number of rotatable bonds is 8. The van der Waals surface area contributed by atoms with Crippen LogP contribution in [0.3, 0.4) is 0 Å². The molecule has 1 aromatic carbocycles. The lowest BCUT2D eigenvalue weighted by Crippen LogP contribution is -2.23. The SMILES string of the molecule is CCOCC(O)COc1ccc(CC(C)N)cc1. The Balaban J connectivity index is 2.34. The lowest BCUT2D eigenvalue weighted by atomic mass is 10.1. The summed E-state index contributed by atoms with van der Waals surface area (Å²) >= 11 is 0. The molecular weight excluding hydrogens is 230 g/mol. The van der Waals surface area contributed by atoms with E-state index in [1.54, 1.807) is 0 Å². The van der Waals surface area contributed by atoms with Gasteiger partial charge in [-0.2, -0.15) is 0 Å². The van der Waals surface area contributed by atoms with Gasteiger partial charge in [-0.3, -0.25) is 0 Å². The average molecular weight is 253 g/mol. The van der Waals surface area contributed by atoms with Gasteiger partial charge in [-0.05, 0) is 38.0 Å². The van der Waals surface area contributed by atoms with Crippen molar-refractivity contribution in [2.75, 3.05) is 19.8 Å². The maximum Gasteiger partial charge on any atom is 0.119 e. The smallest absolute Gasteiger partial charge is 0.119 e. The molecule has 0 heterocycles. The van der Waals surface area contributed by atoms with Gasteiger partial charge in [0.1, 0.15) is 18.5 Å². The number of nitrogens with two attached hydrogens (primary N) is 1. The van der Waals surface area contributed by atoms with Crippen LogP contribution < -0.4 is 10.5 Å². The third-order valence-corrected chi connectivity index (χ3v) is 2.44. The van der Waals surface area contributed by atoms with Crippen LogP contribution in [0.2, 0.25) is 0 Å². The summed E-state index contributed by atoms with van der Waals surface area (Å²) in [5, 5.41) is 9.55. The first-order chi connectivity index (χ1) is 8.61. The van der Waals surface area contributed by atoms with E-state index >= 15 is 0 Å². The lowest BCUT2D eigenvalue weighted by molar-refractivity contribution is 0.0164. The van der Waals surface area contributed by atoms with Gasteiger partial charge in [0.05, 0.1) is 6.61 Å². The number of aliphatic hydroxyl groups excluding tert-OH is 1. The fourth-order valence-corrected chi connectivity index (χ4v) is 1.59. The summed E-state index contributed by atoms with van der Waals surface area (Å²) in [6.45, 7) is 5.02. The van der Waals surface area contributed by atoms with Crippen molar-refractivity contribution in [3.63, 3.8) is 0 Å². The molecule has 18 heavy (non-hydrogen) atoms. The topological polar surface area (TPSA) is 64.7 Å². The number of aliphatic hydroxyl groups is 1. The van der Waals surface area contributed by atoms with E-state index in [1.165, 1.54) is 5.56 Å². The lowest BCUT2D eigenvalue weighted by Gasteiger charge is -2.12. The van der Waals surface area contributed by atoms with Gasteiger partial charge in [0.2, 0.25) is 0 Å². The summed E-state index contributed by atoms with van der Waals surface area (Å²) < 4.78 is 10.6. The highest BCUT2D eigenvalue weighted by Crippen LogP contribution is 2.13. The van der Waals surface area contributed by atoms with Gasteiger partial charge < -0.3 is 20.3 Å². The summed E-state index contributed by atoms with van der Waals surface area (Å²) in [4.78, 5) is 0. The van der Waals surface area contributed by atoms with Crippen molar-refractivity contribution in [3.8, 4) is 5.75 Å². The molecule has 102 valence electrons. The zero-order valence-electron chi connectivity index (χ0n) is 11.1. The molecule has 1 rings (SSSR count). The molecule has 0 fully saturated rings. The largest absolute Gasteiger partial charge is 0.491 e. The molecule has 0 aliphatic rings. The Morgan fingerprint density at radius 2 is 1.89 bits per heavy atom. The molecule has 0 aliphatic carbocycles. The summed E-state index contributed by atoms with van der Waals surface area (Å²) in [5.74, 6) is 0.749. The van der Waals surface area contributed by atoms with Crippen LogP contribution in [-0.2, 0) is 11.2 Å². The summed E-state index contributed by atoms with van der Waals surface area (Å²) in [6, 6.07) is 7.93. The second-order valence-electron chi connectivity index (χ2n) is 4.45. The van der Waals surface area contributed by atoms with Crippen molar-refractivity contribution in [2.24, 2.45) is 5.73 Å². The minimum absolute atomic E-state index is 0.157. The van der Waals surface area contributed by atoms with Gasteiger partial charge in [0.15, 0.2) is 0 Å².